The van der Waals surface area contributed by atoms with Crippen LogP contribution in [0.4, 0.5) is 11.4 Å². The van der Waals surface area contributed by atoms with Crippen molar-refractivity contribution in [2.45, 2.75) is 49.3 Å². The van der Waals surface area contributed by atoms with Gasteiger partial charge >= 0.3 is 0 Å². The number of thiocarbonyl (C=S) groups is 1. The highest BCUT2D eigenvalue weighted by atomic mass is 32.2. The molecule has 0 saturated carbocycles. The summed E-state index contributed by atoms with van der Waals surface area (Å²) in [6.07, 6.45) is 4.55. The lowest BCUT2D eigenvalue weighted by molar-refractivity contribution is -0.115. The second-order valence-electron chi connectivity index (χ2n) is 7.02. The molecule has 0 unspecified atom stereocenters. The molecule has 154 valence electrons. The number of fused-ring (bicyclic) bond motifs is 2. The number of hydrogen-bond donors (Lipinski definition) is 0. The Balaban J connectivity index is 1.73. The lowest BCUT2D eigenvalue weighted by Crippen LogP contribution is -2.33. The number of benzene rings is 2. The molecule has 2 aromatic rings. The van der Waals surface area contributed by atoms with Gasteiger partial charge in [-0.25, -0.2) is 0 Å². The quantitative estimate of drug-likeness (QED) is 0.420. The summed E-state index contributed by atoms with van der Waals surface area (Å²) in [4.78, 5) is 19.7. The Kier molecular flexibility index (Phi) is 8.45. The average Bonchev–Trinajstić information content (AvgIpc) is 2.75. The van der Waals surface area contributed by atoms with Crippen molar-refractivity contribution in [2.24, 2.45) is 0 Å². The van der Waals surface area contributed by atoms with Crippen LogP contribution in [-0.2, 0) is 4.79 Å². The zero-order valence-corrected chi connectivity index (χ0v) is 19.5. The topological polar surface area (TPSA) is 23.6 Å². The zero-order chi connectivity index (χ0) is 20.6. The normalized spacial score (nSPS) is 12.3. The largest absolute Gasteiger partial charge is 0.358 e. The van der Waals surface area contributed by atoms with Gasteiger partial charge in [0.15, 0.2) is 0 Å². The first kappa shape index (κ1) is 22.2. The summed E-state index contributed by atoms with van der Waals surface area (Å²) >= 11 is 8.90. The van der Waals surface area contributed by atoms with E-state index in [-0.39, 0.29) is 5.91 Å². The third-order valence-corrected chi connectivity index (χ3v) is 7.46. The summed E-state index contributed by atoms with van der Waals surface area (Å²) in [5.41, 5.74) is 1.92. The predicted molar refractivity (Wildman–Crippen MR) is 131 cm³/mol. The van der Waals surface area contributed by atoms with E-state index in [0.29, 0.717) is 5.75 Å². The van der Waals surface area contributed by atoms with Crippen molar-refractivity contribution in [2.75, 3.05) is 23.7 Å². The van der Waals surface area contributed by atoms with E-state index < -0.39 is 0 Å². The number of carbonyl (C=O) groups excluding carboxylic acids is 1. The van der Waals surface area contributed by atoms with E-state index in [1.807, 2.05) is 41.3 Å². The van der Waals surface area contributed by atoms with Crippen molar-refractivity contribution in [1.82, 2.24) is 4.90 Å². The van der Waals surface area contributed by atoms with E-state index in [1.165, 1.54) is 11.8 Å². The molecule has 1 aliphatic rings. The van der Waals surface area contributed by atoms with Crippen LogP contribution in [-0.4, -0.2) is 34.0 Å². The minimum atomic E-state index is 0.0727. The Morgan fingerprint density at radius 2 is 1.48 bits per heavy atom. The maximum Gasteiger partial charge on any atom is 0.242 e. The second kappa shape index (κ2) is 11.0. The molecule has 0 aromatic heterocycles. The van der Waals surface area contributed by atoms with Gasteiger partial charge in [-0.05, 0) is 37.1 Å². The first-order valence-electron chi connectivity index (χ1n) is 10.3. The molecule has 0 saturated heterocycles. The second-order valence-corrected chi connectivity index (χ2v) is 9.71. The van der Waals surface area contributed by atoms with Gasteiger partial charge in [-0.3, -0.25) is 9.69 Å². The highest BCUT2D eigenvalue weighted by molar-refractivity contribution is 8.23. The lowest BCUT2D eigenvalue weighted by Gasteiger charge is -2.31. The minimum Gasteiger partial charge on any atom is -0.358 e. The molecule has 1 heterocycles. The minimum absolute atomic E-state index is 0.0727. The highest BCUT2D eigenvalue weighted by Gasteiger charge is 2.28. The van der Waals surface area contributed by atoms with Gasteiger partial charge < -0.3 is 4.90 Å². The number of unbranched alkanes of at least 4 members (excludes halogenated alkanes) is 2. The van der Waals surface area contributed by atoms with Crippen LogP contribution in [0.5, 0.6) is 0 Å². The fourth-order valence-electron chi connectivity index (χ4n) is 3.24. The van der Waals surface area contributed by atoms with Crippen molar-refractivity contribution in [1.29, 1.82) is 0 Å². The molecule has 0 radical (unpaired) electrons. The number of amides is 1. The SMILES string of the molecule is CCCCN(CCCC)C(=S)SCC(=O)N1c2ccccc2Sc2ccccc21. The Morgan fingerprint density at radius 3 is 2.00 bits per heavy atom. The first-order valence-corrected chi connectivity index (χ1v) is 12.5. The van der Waals surface area contributed by atoms with Crippen LogP contribution in [0.2, 0.25) is 0 Å². The number of anilines is 2. The molecule has 2 aromatic carbocycles. The molecule has 0 spiro atoms. The third kappa shape index (κ3) is 5.56. The van der Waals surface area contributed by atoms with Gasteiger partial charge in [0.05, 0.1) is 17.1 Å². The number of nitrogens with zero attached hydrogens (tertiary/aromatic N) is 2. The number of para-hydroxylation sites is 2. The van der Waals surface area contributed by atoms with Crippen molar-refractivity contribution < 1.29 is 4.79 Å². The van der Waals surface area contributed by atoms with E-state index in [0.717, 1.165) is 64.3 Å². The van der Waals surface area contributed by atoms with Crippen molar-refractivity contribution in [3.63, 3.8) is 0 Å². The van der Waals surface area contributed by atoms with E-state index in [2.05, 4.69) is 30.9 Å². The fraction of sp³-hybridized carbons (Fsp3) is 0.391. The molecule has 0 fully saturated rings. The van der Waals surface area contributed by atoms with Crippen molar-refractivity contribution in [3.8, 4) is 0 Å². The molecule has 6 heteroatoms. The van der Waals surface area contributed by atoms with E-state index in [9.17, 15) is 4.79 Å². The van der Waals surface area contributed by atoms with Gasteiger partial charge in [-0.2, -0.15) is 0 Å². The van der Waals surface area contributed by atoms with E-state index >= 15 is 0 Å². The van der Waals surface area contributed by atoms with Gasteiger partial charge in [0.2, 0.25) is 5.91 Å². The molecular formula is C23H28N2OS3. The van der Waals surface area contributed by atoms with Crippen LogP contribution in [0.15, 0.2) is 58.3 Å². The first-order chi connectivity index (χ1) is 14.2. The Morgan fingerprint density at radius 1 is 0.966 bits per heavy atom. The number of thioether (sulfide) groups is 1. The maximum atomic E-state index is 13.3. The smallest absolute Gasteiger partial charge is 0.242 e. The van der Waals surface area contributed by atoms with E-state index in [1.54, 1.807) is 11.8 Å². The number of hydrogen-bond acceptors (Lipinski definition) is 4. The molecule has 3 nitrogen and oxygen atoms in total. The van der Waals surface area contributed by atoms with Gasteiger partial charge in [0.25, 0.3) is 0 Å². The number of rotatable bonds is 8. The Labute approximate surface area is 188 Å². The monoisotopic (exact) mass is 444 g/mol. The molecule has 0 atom stereocenters. The summed E-state index contributed by atoms with van der Waals surface area (Å²) in [5.74, 6) is 0.421. The van der Waals surface area contributed by atoms with Crippen molar-refractivity contribution >= 4 is 57.3 Å². The molecule has 0 aliphatic carbocycles. The van der Waals surface area contributed by atoms with E-state index in [4.69, 9.17) is 12.2 Å². The predicted octanol–water partition coefficient (Wildman–Crippen LogP) is 6.74. The van der Waals surface area contributed by atoms with Crippen LogP contribution < -0.4 is 4.90 Å². The third-order valence-electron chi connectivity index (χ3n) is 4.82. The summed E-state index contributed by atoms with van der Waals surface area (Å²) < 4.78 is 0.841. The molecule has 1 amide bonds. The van der Waals surface area contributed by atoms with Gasteiger partial charge in [-0.15, -0.1) is 0 Å². The fourth-order valence-corrected chi connectivity index (χ4v) is 5.40. The van der Waals surface area contributed by atoms with Crippen LogP contribution in [0.1, 0.15) is 39.5 Å². The van der Waals surface area contributed by atoms with Gasteiger partial charge in [0.1, 0.15) is 4.32 Å². The molecule has 0 N–H and O–H groups in total. The molecule has 1 aliphatic heterocycles. The summed E-state index contributed by atoms with van der Waals surface area (Å²) in [6, 6.07) is 16.2. The van der Waals surface area contributed by atoms with Crippen molar-refractivity contribution in [3.05, 3.63) is 48.5 Å². The molecule has 3 rings (SSSR count). The lowest BCUT2D eigenvalue weighted by atomic mass is 10.2. The molecule has 29 heavy (non-hydrogen) atoms. The summed E-state index contributed by atoms with van der Waals surface area (Å²) in [6.45, 7) is 6.34. The zero-order valence-electron chi connectivity index (χ0n) is 17.1. The number of carbonyl (C=O) groups is 1. The maximum absolute atomic E-state index is 13.3. The summed E-state index contributed by atoms with van der Waals surface area (Å²) in [7, 11) is 0. The average molecular weight is 445 g/mol. The molecular weight excluding hydrogens is 416 g/mol. The standard InChI is InChI=1S/C23H28N2OS3/c1-3-5-15-24(16-6-4-2)23(27)28-17-22(26)25-18-11-7-9-13-20(18)29-21-14-10-8-12-19(21)25/h7-14H,3-6,15-17H2,1-2H3. The van der Waals surface area contributed by atoms with Gasteiger partial charge in [-0.1, -0.05) is 86.7 Å². The summed E-state index contributed by atoms with van der Waals surface area (Å²) in [5, 5.41) is 0. The van der Waals surface area contributed by atoms with Crippen LogP contribution >= 0.6 is 35.7 Å². The van der Waals surface area contributed by atoms with Crippen LogP contribution in [0, 0.1) is 0 Å². The Bertz CT molecular complexity index is 802. The Hall–Kier alpha value is -1.50. The van der Waals surface area contributed by atoms with Gasteiger partial charge in [0, 0.05) is 22.9 Å². The van der Waals surface area contributed by atoms with Crippen LogP contribution in [0.3, 0.4) is 0 Å². The van der Waals surface area contributed by atoms with Crippen LogP contribution in [0.25, 0.3) is 0 Å². The molecule has 0 bridgehead atoms. The highest BCUT2D eigenvalue weighted by Crippen LogP contribution is 2.48.